The predicted molar refractivity (Wildman–Crippen MR) is 66.3 cm³/mol. The third-order valence-corrected chi connectivity index (χ3v) is 2.18. The van der Waals surface area contributed by atoms with Gasteiger partial charge in [0.2, 0.25) is 0 Å². The molecule has 0 atom stereocenters. The minimum atomic E-state index is -0.157. The summed E-state index contributed by atoms with van der Waals surface area (Å²) in [6.45, 7) is 1.76. The highest BCUT2D eigenvalue weighted by Crippen LogP contribution is 2.11. The van der Waals surface area contributed by atoms with Gasteiger partial charge < -0.3 is 4.74 Å². The molecule has 0 amide bonds. The molecule has 2 nitrogen and oxygen atoms in total. The normalized spacial score (nSPS) is 9.12. The van der Waals surface area contributed by atoms with Crippen LogP contribution in [0.25, 0.3) is 10.8 Å². The van der Waals surface area contributed by atoms with E-state index < -0.39 is 0 Å². The third kappa shape index (κ3) is 3.73. The van der Waals surface area contributed by atoms with Crippen LogP contribution in [-0.4, -0.2) is 13.1 Å². The van der Waals surface area contributed by atoms with Gasteiger partial charge in [-0.3, -0.25) is 4.79 Å². The summed E-state index contributed by atoms with van der Waals surface area (Å²) in [5, 5.41) is 2.62. The van der Waals surface area contributed by atoms with E-state index in [1.54, 1.807) is 6.92 Å². The van der Waals surface area contributed by atoms with Gasteiger partial charge in [0, 0.05) is 6.42 Å². The first kappa shape index (κ1) is 12.2. The van der Waals surface area contributed by atoms with Gasteiger partial charge in [0.25, 0.3) is 0 Å². The Labute approximate surface area is 95.9 Å². The molecule has 0 aliphatic heterocycles. The van der Waals surface area contributed by atoms with Gasteiger partial charge in [0.1, 0.15) is 0 Å². The number of carbonyl (C=O) groups excluding carboxylic acids is 1. The van der Waals surface area contributed by atoms with Gasteiger partial charge in [0.15, 0.2) is 0 Å². The van der Waals surface area contributed by atoms with Crippen molar-refractivity contribution in [3.8, 4) is 0 Å². The smallest absolute Gasteiger partial charge is 0.305 e. The van der Waals surface area contributed by atoms with Crippen molar-refractivity contribution in [3.63, 3.8) is 0 Å². The first-order valence-corrected chi connectivity index (χ1v) is 5.28. The molecule has 16 heavy (non-hydrogen) atoms. The molecule has 2 aromatic carbocycles. The van der Waals surface area contributed by atoms with Gasteiger partial charge in [-0.1, -0.05) is 55.5 Å². The van der Waals surface area contributed by atoms with E-state index in [1.165, 1.54) is 17.9 Å². The maximum absolute atomic E-state index is 9.96. The third-order valence-electron chi connectivity index (χ3n) is 2.18. The van der Waals surface area contributed by atoms with Crippen molar-refractivity contribution in [2.24, 2.45) is 0 Å². The van der Waals surface area contributed by atoms with Gasteiger partial charge in [-0.25, -0.2) is 0 Å². The summed E-state index contributed by atoms with van der Waals surface area (Å²) in [4.78, 5) is 9.96. The molecule has 0 saturated carbocycles. The van der Waals surface area contributed by atoms with Crippen LogP contribution in [0, 0.1) is 0 Å². The van der Waals surface area contributed by atoms with Gasteiger partial charge in [-0.05, 0) is 10.8 Å². The summed E-state index contributed by atoms with van der Waals surface area (Å²) in [7, 11) is 1.38. The summed E-state index contributed by atoms with van der Waals surface area (Å²) in [6.07, 6.45) is 0.469. The second kappa shape index (κ2) is 6.62. The molecule has 0 radical (unpaired) electrons. The topological polar surface area (TPSA) is 26.3 Å². The summed E-state index contributed by atoms with van der Waals surface area (Å²) in [5.74, 6) is -0.157. The number of hydrogen-bond donors (Lipinski definition) is 0. The van der Waals surface area contributed by atoms with Gasteiger partial charge in [-0.15, -0.1) is 0 Å². The number of carbonyl (C=O) groups is 1. The monoisotopic (exact) mass is 216 g/mol. The molecule has 2 aromatic rings. The Kier molecular flexibility index (Phi) is 5.06. The highest BCUT2D eigenvalue weighted by atomic mass is 16.5. The van der Waals surface area contributed by atoms with Crippen LogP contribution in [0.2, 0.25) is 0 Å². The lowest BCUT2D eigenvalue weighted by Crippen LogP contribution is -1.94. The van der Waals surface area contributed by atoms with Crippen LogP contribution in [0.1, 0.15) is 13.3 Å². The molecular weight excluding hydrogens is 200 g/mol. The van der Waals surface area contributed by atoms with Crippen LogP contribution in [-0.2, 0) is 9.53 Å². The molecule has 0 bridgehead atoms. The second-order valence-electron chi connectivity index (χ2n) is 3.28. The quantitative estimate of drug-likeness (QED) is 0.683. The van der Waals surface area contributed by atoms with E-state index in [0.29, 0.717) is 6.42 Å². The highest BCUT2D eigenvalue weighted by Gasteiger charge is 1.87. The molecule has 84 valence electrons. The molecule has 0 unspecified atom stereocenters. The lowest BCUT2D eigenvalue weighted by atomic mass is 10.1. The van der Waals surface area contributed by atoms with E-state index in [2.05, 4.69) is 53.3 Å². The van der Waals surface area contributed by atoms with Crippen LogP contribution in [0.3, 0.4) is 0 Å². The SMILES string of the molecule is CCC(=O)OC.c1ccc2ccccc2c1. The lowest BCUT2D eigenvalue weighted by molar-refractivity contribution is -0.140. The first-order valence-electron chi connectivity index (χ1n) is 5.28. The van der Waals surface area contributed by atoms with E-state index in [4.69, 9.17) is 0 Å². The second-order valence-corrected chi connectivity index (χ2v) is 3.28. The zero-order chi connectivity index (χ0) is 11.8. The fourth-order valence-corrected chi connectivity index (χ4v) is 1.28. The van der Waals surface area contributed by atoms with Crippen LogP contribution < -0.4 is 0 Å². The number of esters is 1. The maximum Gasteiger partial charge on any atom is 0.305 e. The number of hydrogen-bond acceptors (Lipinski definition) is 2. The van der Waals surface area contributed by atoms with E-state index in [1.807, 2.05) is 0 Å². The van der Waals surface area contributed by atoms with E-state index in [-0.39, 0.29) is 5.97 Å². The average Bonchev–Trinajstić information content (AvgIpc) is 2.38. The van der Waals surface area contributed by atoms with E-state index in [0.717, 1.165) is 0 Å². The minimum absolute atomic E-state index is 0.157. The molecule has 0 heterocycles. The summed E-state index contributed by atoms with van der Waals surface area (Å²) in [5.41, 5.74) is 0. The minimum Gasteiger partial charge on any atom is -0.469 e. The lowest BCUT2D eigenvalue weighted by Gasteiger charge is -1.92. The Balaban J connectivity index is 0.000000187. The number of methoxy groups -OCH3 is 1. The molecule has 0 saturated heterocycles. The summed E-state index contributed by atoms with van der Waals surface area (Å²) < 4.78 is 4.26. The Bertz CT molecular complexity index is 378. The van der Waals surface area contributed by atoms with Gasteiger partial charge >= 0.3 is 5.97 Å². The average molecular weight is 216 g/mol. The van der Waals surface area contributed by atoms with Crippen LogP contribution >= 0.6 is 0 Å². The van der Waals surface area contributed by atoms with Crippen LogP contribution in [0.4, 0.5) is 0 Å². The summed E-state index contributed by atoms with van der Waals surface area (Å²) in [6, 6.07) is 16.7. The van der Waals surface area contributed by atoms with Crippen molar-refractivity contribution >= 4 is 16.7 Å². The van der Waals surface area contributed by atoms with Crippen molar-refractivity contribution < 1.29 is 9.53 Å². The molecule has 0 aliphatic carbocycles. The largest absolute Gasteiger partial charge is 0.469 e. The van der Waals surface area contributed by atoms with Crippen molar-refractivity contribution in [2.75, 3.05) is 7.11 Å². The molecule has 0 N–H and O–H groups in total. The fourth-order valence-electron chi connectivity index (χ4n) is 1.28. The molecule has 0 aromatic heterocycles. The zero-order valence-electron chi connectivity index (χ0n) is 9.64. The molecule has 2 heteroatoms. The number of fused-ring (bicyclic) bond motifs is 1. The number of benzene rings is 2. The standard InChI is InChI=1S/C10H8.C4H8O2/c1-2-6-10-8-4-3-7-9(10)5-1;1-3-4(5)6-2/h1-8H;3H2,1-2H3. The Morgan fingerprint density at radius 1 is 1.00 bits per heavy atom. The molecule has 0 fully saturated rings. The summed E-state index contributed by atoms with van der Waals surface area (Å²) >= 11 is 0. The van der Waals surface area contributed by atoms with Crippen molar-refractivity contribution in [1.82, 2.24) is 0 Å². The first-order chi connectivity index (χ1) is 7.77. The van der Waals surface area contributed by atoms with Gasteiger partial charge in [0.05, 0.1) is 7.11 Å². The van der Waals surface area contributed by atoms with Crippen LogP contribution in [0.5, 0.6) is 0 Å². The molecule has 0 aliphatic rings. The Morgan fingerprint density at radius 2 is 1.38 bits per heavy atom. The number of rotatable bonds is 1. The molecule has 2 rings (SSSR count). The maximum atomic E-state index is 9.96. The van der Waals surface area contributed by atoms with Crippen molar-refractivity contribution in [3.05, 3.63) is 48.5 Å². The Hall–Kier alpha value is -1.83. The highest BCUT2D eigenvalue weighted by molar-refractivity contribution is 5.82. The van der Waals surface area contributed by atoms with Gasteiger partial charge in [-0.2, -0.15) is 0 Å². The van der Waals surface area contributed by atoms with E-state index in [9.17, 15) is 4.79 Å². The molecular formula is C14H16O2. The number of ether oxygens (including phenoxy) is 1. The fraction of sp³-hybridized carbons (Fsp3) is 0.214. The zero-order valence-corrected chi connectivity index (χ0v) is 9.64. The van der Waals surface area contributed by atoms with E-state index >= 15 is 0 Å². The van der Waals surface area contributed by atoms with Crippen molar-refractivity contribution in [1.29, 1.82) is 0 Å². The predicted octanol–water partition coefficient (Wildman–Crippen LogP) is 3.41. The van der Waals surface area contributed by atoms with Crippen LogP contribution in [0.15, 0.2) is 48.5 Å². The van der Waals surface area contributed by atoms with Crippen molar-refractivity contribution in [2.45, 2.75) is 13.3 Å². The Morgan fingerprint density at radius 3 is 1.56 bits per heavy atom. The molecule has 0 spiro atoms.